The summed E-state index contributed by atoms with van der Waals surface area (Å²) >= 11 is 15.3. The maximum atomic E-state index is 11.2. The van der Waals surface area contributed by atoms with Crippen LogP contribution >= 0.6 is 39.1 Å². The summed E-state index contributed by atoms with van der Waals surface area (Å²) in [6, 6.07) is 10.0. The van der Waals surface area contributed by atoms with Gasteiger partial charge in [-0.2, -0.15) is 0 Å². The van der Waals surface area contributed by atoms with E-state index in [-0.39, 0.29) is 17.9 Å². The number of para-hydroxylation sites is 1. The highest BCUT2D eigenvalue weighted by molar-refractivity contribution is 9.10. The molecule has 0 spiro atoms. The van der Waals surface area contributed by atoms with Gasteiger partial charge in [0.05, 0.1) is 14.5 Å². The molecule has 0 aliphatic carbocycles. The number of aromatic carboxylic acids is 1. The molecule has 0 aliphatic heterocycles. The van der Waals surface area contributed by atoms with Gasteiger partial charge >= 0.3 is 5.97 Å². The number of carboxylic acid groups (broad SMARTS) is 1. The summed E-state index contributed by atoms with van der Waals surface area (Å²) < 4.78 is 6.15. The van der Waals surface area contributed by atoms with Crippen LogP contribution in [0, 0.1) is 0 Å². The summed E-state index contributed by atoms with van der Waals surface area (Å²) in [7, 11) is 0. The fraction of sp³-hybridized carbons (Fsp3) is 0.0714. The molecular formula is C14H9BrCl2O3. The van der Waals surface area contributed by atoms with Crippen molar-refractivity contribution in [1.82, 2.24) is 0 Å². The van der Waals surface area contributed by atoms with Crippen LogP contribution in [-0.4, -0.2) is 11.1 Å². The molecule has 0 saturated heterocycles. The second-order valence-corrected chi connectivity index (χ2v) is 5.56. The SMILES string of the molecule is O=C(O)c1cccc(Br)c1OCc1cccc(Cl)c1Cl. The van der Waals surface area contributed by atoms with Gasteiger partial charge in [-0.15, -0.1) is 0 Å². The quantitative estimate of drug-likeness (QED) is 0.814. The highest BCUT2D eigenvalue weighted by Gasteiger charge is 2.15. The lowest BCUT2D eigenvalue weighted by atomic mass is 10.2. The van der Waals surface area contributed by atoms with Crippen LogP contribution in [0.1, 0.15) is 15.9 Å². The zero-order valence-electron chi connectivity index (χ0n) is 10.1. The standard InChI is InChI=1S/C14H9BrCl2O3/c15-10-5-2-4-9(14(18)19)13(10)20-7-8-3-1-6-11(16)12(8)17/h1-6H,7H2,(H,18,19). The van der Waals surface area contributed by atoms with Gasteiger partial charge in [0.15, 0.2) is 0 Å². The third-order valence-electron chi connectivity index (χ3n) is 2.60. The average Bonchev–Trinajstić information content (AvgIpc) is 2.41. The van der Waals surface area contributed by atoms with Gasteiger partial charge in [-0.1, -0.05) is 41.4 Å². The third kappa shape index (κ3) is 3.26. The van der Waals surface area contributed by atoms with Gasteiger partial charge in [0.1, 0.15) is 17.9 Å². The van der Waals surface area contributed by atoms with Gasteiger partial charge in [-0.25, -0.2) is 4.79 Å². The van der Waals surface area contributed by atoms with Gasteiger partial charge in [-0.3, -0.25) is 0 Å². The minimum Gasteiger partial charge on any atom is -0.487 e. The highest BCUT2D eigenvalue weighted by Crippen LogP contribution is 2.31. The van der Waals surface area contributed by atoms with E-state index in [4.69, 9.17) is 33.0 Å². The number of ether oxygens (including phenoxy) is 1. The Morgan fingerprint density at radius 3 is 2.60 bits per heavy atom. The van der Waals surface area contributed by atoms with Crippen LogP contribution in [0.4, 0.5) is 0 Å². The van der Waals surface area contributed by atoms with Crippen LogP contribution in [0.15, 0.2) is 40.9 Å². The summed E-state index contributed by atoms with van der Waals surface area (Å²) in [5, 5.41) is 9.97. The molecule has 20 heavy (non-hydrogen) atoms. The van der Waals surface area contributed by atoms with Crippen LogP contribution in [0.3, 0.4) is 0 Å². The van der Waals surface area contributed by atoms with Crippen molar-refractivity contribution in [3.63, 3.8) is 0 Å². The monoisotopic (exact) mass is 374 g/mol. The summed E-state index contributed by atoms with van der Waals surface area (Å²) in [6.07, 6.45) is 0. The van der Waals surface area contributed by atoms with Crippen molar-refractivity contribution < 1.29 is 14.6 Å². The number of carboxylic acids is 1. The molecule has 0 radical (unpaired) electrons. The molecular weight excluding hydrogens is 367 g/mol. The van der Waals surface area contributed by atoms with Crippen molar-refractivity contribution in [1.29, 1.82) is 0 Å². The van der Waals surface area contributed by atoms with Crippen molar-refractivity contribution >= 4 is 45.1 Å². The molecule has 2 aromatic rings. The third-order valence-corrected chi connectivity index (χ3v) is 4.08. The summed E-state index contributed by atoms with van der Waals surface area (Å²) in [6.45, 7) is 0.127. The number of rotatable bonds is 4. The lowest BCUT2D eigenvalue weighted by Crippen LogP contribution is -2.04. The van der Waals surface area contributed by atoms with E-state index in [1.165, 1.54) is 6.07 Å². The predicted molar refractivity (Wildman–Crippen MR) is 81.9 cm³/mol. The first-order valence-electron chi connectivity index (χ1n) is 5.58. The zero-order valence-corrected chi connectivity index (χ0v) is 13.2. The Labute approximate surface area is 134 Å². The van der Waals surface area contributed by atoms with Crippen LogP contribution in [0.2, 0.25) is 10.0 Å². The molecule has 3 nitrogen and oxygen atoms in total. The predicted octanol–water partition coefficient (Wildman–Crippen LogP) is 5.03. The van der Waals surface area contributed by atoms with E-state index >= 15 is 0 Å². The summed E-state index contributed by atoms with van der Waals surface area (Å²) in [4.78, 5) is 11.2. The molecule has 0 amide bonds. The molecule has 0 fully saturated rings. The Balaban J connectivity index is 2.27. The molecule has 1 N–H and O–H groups in total. The number of benzene rings is 2. The molecule has 0 unspecified atom stereocenters. The summed E-state index contributed by atoms with van der Waals surface area (Å²) in [5.74, 6) is -0.797. The van der Waals surface area contributed by atoms with Gasteiger partial charge in [-0.05, 0) is 34.1 Å². The summed E-state index contributed by atoms with van der Waals surface area (Å²) in [5.41, 5.74) is 0.767. The van der Waals surface area contributed by atoms with Crippen LogP contribution in [0.25, 0.3) is 0 Å². The van der Waals surface area contributed by atoms with E-state index in [0.29, 0.717) is 20.1 Å². The lowest BCUT2D eigenvalue weighted by molar-refractivity contribution is 0.0691. The topological polar surface area (TPSA) is 46.5 Å². The molecule has 104 valence electrons. The van der Waals surface area contributed by atoms with E-state index in [0.717, 1.165) is 0 Å². The number of hydrogen-bond donors (Lipinski definition) is 1. The zero-order chi connectivity index (χ0) is 14.7. The molecule has 0 aromatic heterocycles. The van der Waals surface area contributed by atoms with Gasteiger partial charge in [0, 0.05) is 5.56 Å². The van der Waals surface area contributed by atoms with Crippen molar-refractivity contribution in [2.45, 2.75) is 6.61 Å². The molecule has 0 heterocycles. The minimum absolute atomic E-state index is 0.0810. The number of hydrogen-bond acceptors (Lipinski definition) is 2. The Morgan fingerprint density at radius 2 is 1.90 bits per heavy atom. The van der Waals surface area contributed by atoms with Crippen molar-refractivity contribution in [3.8, 4) is 5.75 Å². The maximum Gasteiger partial charge on any atom is 0.339 e. The highest BCUT2D eigenvalue weighted by atomic mass is 79.9. The lowest BCUT2D eigenvalue weighted by Gasteiger charge is -2.12. The molecule has 6 heteroatoms. The minimum atomic E-state index is -1.06. The molecule has 0 atom stereocenters. The molecule has 0 saturated carbocycles. The first kappa shape index (κ1) is 15.2. The maximum absolute atomic E-state index is 11.2. The normalized spacial score (nSPS) is 10.3. The molecule has 0 bridgehead atoms. The van der Waals surface area contributed by atoms with Crippen molar-refractivity contribution in [3.05, 3.63) is 62.0 Å². The largest absolute Gasteiger partial charge is 0.487 e. The molecule has 2 rings (SSSR count). The van der Waals surface area contributed by atoms with Gasteiger partial charge < -0.3 is 9.84 Å². The molecule has 2 aromatic carbocycles. The fourth-order valence-electron chi connectivity index (χ4n) is 1.63. The Hall–Kier alpha value is -1.23. The Kier molecular flexibility index (Phi) is 4.91. The van der Waals surface area contributed by atoms with Crippen molar-refractivity contribution in [2.75, 3.05) is 0 Å². The smallest absolute Gasteiger partial charge is 0.339 e. The second kappa shape index (κ2) is 6.48. The van der Waals surface area contributed by atoms with Gasteiger partial charge in [0.25, 0.3) is 0 Å². The number of halogens is 3. The first-order chi connectivity index (χ1) is 9.50. The molecule has 0 aliphatic rings. The average molecular weight is 376 g/mol. The Bertz CT molecular complexity index is 659. The van der Waals surface area contributed by atoms with E-state index in [9.17, 15) is 4.79 Å². The second-order valence-electron chi connectivity index (χ2n) is 3.92. The Morgan fingerprint density at radius 1 is 1.20 bits per heavy atom. The first-order valence-corrected chi connectivity index (χ1v) is 7.13. The van der Waals surface area contributed by atoms with Gasteiger partial charge in [0.2, 0.25) is 0 Å². The van der Waals surface area contributed by atoms with E-state index < -0.39 is 5.97 Å². The van der Waals surface area contributed by atoms with E-state index in [1.54, 1.807) is 30.3 Å². The fourth-order valence-corrected chi connectivity index (χ4v) is 2.49. The van der Waals surface area contributed by atoms with E-state index in [2.05, 4.69) is 15.9 Å². The number of carbonyl (C=O) groups is 1. The van der Waals surface area contributed by atoms with Crippen LogP contribution in [0.5, 0.6) is 5.75 Å². The van der Waals surface area contributed by atoms with Crippen LogP contribution in [-0.2, 0) is 6.61 Å². The van der Waals surface area contributed by atoms with Crippen molar-refractivity contribution in [2.24, 2.45) is 0 Å². The van der Waals surface area contributed by atoms with Crippen LogP contribution < -0.4 is 4.74 Å². The van der Waals surface area contributed by atoms with E-state index in [1.807, 2.05) is 0 Å².